The molecule has 6 saturated heterocycles. The number of carbonyl (C=O) groups excluding carboxylic acids is 1. The van der Waals surface area contributed by atoms with Crippen LogP contribution in [0.2, 0.25) is 0 Å². The third-order valence-corrected chi connectivity index (χ3v) is 34.2. The summed E-state index contributed by atoms with van der Waals surface area (Å²) in [6.45, 7) is 12.8. The molecule has 10 unspecified atom stereocenters. The van der Waals surface area contributed by atoms with E-state index in [0.717, 1.165) is 127 Å². The van der Waals surface area contributed by atoms with Crippen LogP contribution < -0.4 is 27.5 Å². The van der Waals surface area contributed by atoms with Gasteiger partial charge in [-0.15, -0.1) is 0 Å². The van der Waals surface area contributed by atoms with E-state index in [2.05, 4.69) is 57.3 Å². The minimum Gasteiger partial charge on any atom is -0.434 e. The molecule has 6 aliphatic heterocycles. The van der Waals surface area contributed by atoms with E-state index >= 15 is 0 Å². The Hall–Kier alpha value is -5.82. The molecule has 0 amide bonds. The van der Waals surface area contributed by atoms with Gasteiger partial charge in [-0.1, -0.05) is 102 Å². The van der Waals surface area contributed by atoms with Crippen molar-refractivity contribution in [1.29, 1.82) is 0 Å². The first-order valence-corrected chi connectivity index (χ1v) is 50.3. The summed E-state index contributed by atoms with van der Waals surface area (Å²) in [7, 11) is -11.7. The van der Waals surface area contributed by atoms with Crippen LogP contribution in [0.3, 0.4) is 0 Å². The minimum absolute atomic E-state index is 0.0493. The lowest BCUT2D eigenvalue weighted by molar-refractivity contribution is -0.111. The molecule has 13 aliphatic rings. The number of piperidine rings is 6. The number of fused-ring (bicyclic) bond motifs is 15. The van der Waals surface area contributed by atoms with Gasteiger partial charge in [0.1, 0.15) is 5.69 Å². The summed E-state index contributed by atoms with van der Waals surface area (Å²) >= 11 is 0. The van der Waals surface area contributed by atoms with Crippen LogP contribution in [-0.2, 0) is 29.4 Å². The number of carbonyl (C=O) groups is 1. The Labute approximate surface area is 678 Å². The second kappa shape index (κ2) is 33.3. The largest absolute Gasteiger partial charge is 0.434 e. The van der Waals surface area contributed by atoms with E-state index in [4.69, 9.17) is 9.26 Å². The van der Waals surface area contributed by atoms with Crippen molar-refractivity contribution in [2.24, 2.45) is 58.7 Å². The van der Waals surface area contributed by atoms with E-state index in [0.29, 0.717) is 70.0 Å². The highest BCUT2D eigenvalue weighted by atomic mass is 31.2. The molecule has 23 atom stereocenters. The Morgan fingerprint density at radius 3 is 1.34 bits per heavy atom. The van der Waals surface area contributed by atoms with Gasteiger partial charge in [-0.05, 0) is 281 Å². The fourth-order valence-corrected chi connectivity index (χ4v) is 28.5. The fraction of sp³-hybridized carbons (Fsp3) is 0.659. The topological polar surface area (TPSA) is 262 Å². The van der Waals surface area contributed by atoms with Crippen molar-refractivity contribution in [3.05, 3.63) is 145 Å². The number of nitrogens with zero attached hydrogens (tertiary/aromatic N) is 9. The summed E-state index contributed by atoms with van der Waals surface area (Å²) in [5, 5.41) is 0. The molecule has 21 nitrogen and oxygen atoms in total. The number of para-hydroxylation sites is 6. The summed E-state index contributed by atoms with van der Waals surface area (Å²) in [4.78, 5) is 107. The molecular weight excluding hydrogens is 1500 g/mol. The van der Waals surface area contributed by atoms with Gasteiger partial charge in [0.2, 0.25) is 19.6 Å². The molecule has 7 aliphatic carbocycles. The zero-order valence-corrected chi connectivity index (χ0v) is 71.3. The van der Waals surface area contributed by atoms with E-state index < -0.39 is 46.1 Å². The Bertz CT molecular complexity index is 4980. The van der Waals surface area contributed by atoms with Crippen LogP contribution in [0.15, 0.2) is 118 Å². The molecule has 20 rings (SSSR count). The van der Waals surface area contributed by atoms with Gasteiger partial charge < -0.3 is 33.1 Å². The van der Waals surface area contributed by atoms with Crippen LogP contribution in [-0.4, -0.2) is 145 Å². The van der Waals surface area contributed by atoms with Crippen LogP contribution in [0.4, 0.5) is 0 Å². The fourth-order valence-electron chi connectivity index (χ4n) is 26.2. The number of aromatic nitrogens is 6. The average Bonchev–Trinajstić information content (AvgIpc) is 0.742. The highest BCUT2D eigenvalue weighted by molar-refractivity contribution is 7.65. The Morgan fingerprint density at radius 1 is 0.470 bits per heavy atom. The van der Waals surface area contributed by atoms with Gasteiger partial charge in [0.25, 0.3) is 16.7 Å². The minimum atomic E-state index is -4.72. The van der Waals surface area contributed by atoms with Gasteiger partial charge in [0.15, 0.2) is 12.8 Å². The van der Waals surface area contributed by atoms with E-state index in [9.17, 15) is 47.6 Å². The second-order valence-corrected chi connectivity index (χ2v) is 45.4. The van der Waals surface area contributed by atoms with Crippen molar-refractivity contribution in [3.8, 4) is 0 Å². The first-order valence-electron chi connectivity index (χ1n) is 44.3. The summed E-state index contributed by atoms with van der Waals surface area (Å²) in [6, 6.07) is 35.4. The summed E-state index contributed by atoms with van der Waals surface area (Å²) in [5.41, 5.74) is 3.78. The van der Waals surface area contributed by atoms with Gasteiger partial charge in [-0.3, -0.25) is 47.3 Å². The predicted octanol–water partition coefficient (Wildman–Crippen LogP) is 16.4. The Balaban J connectivity index is 0.000000125. The van der Waals surface area contributed by atoms with Gasteiger partial charge in [-0.25, -0.2) is 19.7 Å². The highest BCUT2D eigenvalue weighted by Gasteiger charge is 2.55. The average molecular weight is 1630 g/mol. The van der Waals surface area contributed by atoms with Crippen molar-refractivity contribution in [2.45, 2.75) is 287 Å². The maximum absolute atomic E-state index is 14.1. The van der Waals surface area contributed by atoms with E-state index in [1.54, 1.807) is 47.0 Å². The lowest BCUT2D eigenvalue weighted by Crippen LogP contribution is -2.59. The lowest BCUT2D eigenvalue weighted by Gasteiger charge is -2.60. The molecule has 7 saturated carbocycles. The zero-order valence-electron chi connectivity index (χ0n) is 68.6. The number of ether oxygens (including phenoxy) is 1. The van der Waals surface area contributed by atoms with Crippen LogP contribution in [0.25, 0.3) is 33.1 Å². The number of aryl methyl sites for hydroxylation is 1. The molecule has 13 fully saturated rings. The van der Waals surface area contributed by atoms with E-state index in [1.807, 2.05) is 69.8 Å². The molecule has 0 spiro atoms. The number of hydrogen-bond acceptors (Lipinski definition) is 15. The van der Waals surface area contributed by atoms with Gasteiger partial charge in [0.05, 0.1) is 38.7 Å². The third kappa shape index (κ3) is 17.0. The second-order valence-electron chi connectivity index (χ2n) is 38.9. The highest BCUT2D eigenvalue weighted by Crippen LogP contribution is 2.62. The normalized spacial score (nSPS) is 34.5. The summed E-state index contributed by atoms with van der Waals surface area (Å²) < 4.78 is 53.8. The summed E-state index contributed by atoms with van der Waals surface area (Å²) in [6.07, 6.45) is 36.1. The Kier molecular flexibility index (Phi) is 23.6. The van der Waals surface area contributed by atoms with Crippen molar-refractivity contribution in [3.63, 3.8) is 0 Å². The zero-order chi connectivity index (χ0) is 80.0. The summed E-state index contributed by atoms with van der Waals surface area (Å²) in [5.74, 6) is 7.26. The Morgan fingerprint density at radius 2 is 0.887 bits per heavy atom. The van der Waals surface area contributed by atoms with Crippen LogP contribution in [0.5, 0.6) is 0 Å². The van der Waals surface area contributed by atoms with Crippen molar-refractivity contribution >= 4 is 72.3 Å². The van der Waals surface area contributed by atoms with E-state index in [-0.39, 0.29) is 52.8 Å². The first kappa shape index (κ1) is 81.5. The van der Waals surface area contributed by atoms with E-state index in [1.165, 1.54) is 155 Å². The van der Waals surface area contributed by atoms with Crippen LogP contribution >= 0.6 is 22.3 Å². The third-order valence-electron chi connectivity index (χ3n) is 30.8. The molecule has 9 heterocycles. The molecule has 24 heteroatoms. The standard InChI is InChI=1S/C34H42N3O6P.C29H42N3O3P.C28H40N3O3P/c1-22-14-23-16-24(15-22)18-28(17-23)36-26-10-7-11-27(36)20-29(19-26)37-31-13-6-5-12-30(31)35-32(33(37)38)44(40,41)43-21-42-34(39)25-8-3-2-4-9-25;1-19-12-20-14-21(13-19)16-24(15-20)31-22-6-5-7-23(31)18-25(17-22)32-28-9-4-3-8-26(28)30-27(29(32)33)10-11-36(2,34)35;1-28(2)19-12-11-18(23(28)15-19)13-14-30-20-7-6-8-21(30)17-22(16-20)31-25-10-5-4-9-24(25)29-26(27(31)32)35(3,33)34/h2-6,8-9,12-13,22-24,26-29H,7,10-11,14-21H2,1H3,(H,40,41);3-4,8-9,19-25H,5-7,10-18H2,1-2H3,(H,34,35);4-5,9-10,18-23H,6-8,11-17H2,1-3H3,(H,33,34)/t22?,23-,24+,26-,27+,28?,29?;19?,20-,21+,22-,23+,24?,25?;18-,19-,20-,21+,22?,23-/m..0/s1. The van der Waals surface area contributed by atoms with Crippen LogP contribution in [0, 0.1) is 58.7 Å². The maximum Gasteiger partial charge on any atom is 0.385 e. The molecule has 115 heavy (non-hydrogen) atoms. The number of rotatable bonds is 17. The number of benzene rings is 4. The predicted molar refractivity (Wildman–Crippen MR) is 453 cm³/mol. The SMILES string of the molecule is CC1(C)[C@H]2CC[C@@H](CCN3[C@@H]4CCC[C@H]3CC(n3c(=O)c(P(C)(=O)O)nc5ccccc53)C4)[C@@H]1C2.CC1C[C@@H]2CC(N3[C@@H]4CCC[C@H]3CC(n3c(=O)c(CCP(C)(=O)O)nc5ccccc53)C4)C[C@H](C1)C2.CC1C[C@@H]2CC(N3[C@@H]4CCC[C@H]3CC(n3c(=O)c(P(=O)(O)OCOC(=O)c5ccccc5)nc5ccccc53)C4)C[C@H](C1)C2. The van der Waals surface area contributed by atoms with Gasteiger partial charge >= 0.3 is 13.6 Å². The molecule has 12 bridgehead atoms. The molecule has 0 radical (unpaired) electrons. The van der Waals surface area contributed by atoms with Crippen molar-refractivity contribution < 1.29 is 42.4 Å². The molecule has 4 aromatic carbocycles. The smallest absolute Gasteiger partial charge is 0.385 e. The maximum atomic E-state index is 14.1. The van der Waals surface area contributed by atoms with Crippen molar-refractivity contribution in [2.75, 3.05) is 32.8 Å². The molecular formula is C91H124N9O12P3. The van der Waals surface area contributed by atoms with Gasteiger partial charge in [-0.2, -0.15) is 0 Å². The van der Waals surface area contributed by atoms with Gasteiger partial charge in [0, 0.05) is 92.4 Å². The molecule has 620 valence electrons. The molecule has 3 N–H and O–H groups in total. The molecule has 7 aromatic rings. The quantitative estimate of drug-likeness (QED) is 0.0435. The monoisotopic (exact) mass is 1630 g/mol. The number of hydrogen-bond donors (Lipinski definition) is 3. The molecule has 3 aromatic heterocycles. The van der Waals surface area contributed by atoms with Crippen LogP contribution in [0.1, 0.15) is 248 Å². The first-order chi connectivity index (χ1) is 55.2. The lowest BCUT2D eigenvalue weighted by atomic mass is 9.45. The number of esters is 1. The van der Waals surface area contributed by atoms with Crippen molar-refractivity contribution in [1.82, 2.24) is 43.4 Å².